The van der Waals surface area contributed by atoms with E-state index < -0.39 is 58.0 Å². The Morgan fingerprint density at radius 3 is 2.46 bits per heavy atom. The van der Waals surface area contributed by atoms with Crippen molar-refractivity contribution < 1.29 is 39.2 Å². The molecule has 37 heavy (non-hydrogen) atoms. The van der Waals surface area contributed by atoms with E-state index in [2.05, 4.69) is 0 Å². The predicted octanol–water partition coefficient (Wildman–Crippen LogP) is 2.37. The number of ether oxygens (including phenoxy) is 1. The third-order valence-corrected chi connectivity index (χ3v) is 11.1. The Morgan fingerprint density at radius 1 is 1.14 bits per heavy atom. The largest absolute Gasteiger partial charge is 0.456 e. The third kappa shape index (κ3) is 3.31. The summed E-state index contributed by atoms with van der Waals surface area (Å²) >= 11 is 0. The molecule has 3 saturated carbocycles. The van der Waals surface area contributed by atoms with Crippen molar-refractivity contribution >= 4 is 23.3 Å². The highest BCUT2D eigenvalue weighted by atomic mass is 16.6. The molecule has 0 aromatic rings. The van der Waals surface area contributed by atoms with Gasteiger partial charge in [-0.15, -0.1) is 0 Å². The molecule has 9 atom stereocenters. The van der Waals surface area contributed by atoms with E-state index in [1.807, 2.05) is 13.8 Å². The van der Waals surface area contributed by atoms with Crippen LogP contribution >= 0.6 is 0 Å². The third-order valence-electron chi connectivity index (χ3n) is 11.1. The quantitative estimate of drug-likeness (QED) is 0.488. The van der Waals surface area contributed by atoms with Crippen molar-refractivity contribution in [2.24, 2.45) is 28.6 Å². The molecule has 0 saturated heterocycles. The highest BCUT2D eigenvalue weighted by Gasteiger charge is 2.72. The summed E-state index contributed by atoms with van der Waals surface area (Å²) < 4.78 is 5.66. The van der Waals surface area contributed by atoms with Crippen LogP contribution in [0.25, 0.3) is 0 Å². The molecule has 1 aliphatic heterocycles. The van der Waals surface area contributed by atoms with Gasteiger partial charge in [-0.3, -0.25) is 14.4 Å². The van der Waals surface area contributed by atoms with Gasteiger partial charge in [-0.25, -0.2) is 4.79 Å². The van der Waals surface area contributed by atoms with Crippen molar-refractivity contribution in [2.45, 2.75) is 103 Å². The lowest BCUT2D eigenvalue weighted by Gasteiger charge is -2.59. The number of allylic oxidation sites excluding steroid dienone is 1. The molecule has 4 aliphatic carbocycles. The van der Waals surface area contributed by atoms with Crippen LogP contribution in [-0.2, 0) is 23.9 Å². The lowest BCUT2D eigenvalue weighted by molar-refractivity contribution is -0.191. The molecule has 202 valence electrons. The zero-order valence-electron chi connectivity index (χ0n) is 22.3. The van der Waals surface area contributed by atoms with Gasteiger partial charge in [0.1, 0.15) is 23.6 Å². The van der Waals surface area contributed by atoms with Gasteiger partial charge >= 0.3 is 5.97 Å². The number of hydrogen-bond donors (Lipinski definition) is 3. The van der Waals surface area contributed by atoms with Crippen LogP contribution in [0.1, 0.15) is 79.6 Å². The molecule has 0 spiro atoms. The van der Waals surface area contributed by atoms with E-state index in [1.54, 1.807) is 20.8 Å². The van der Waals surface area contributed by atoms with Gasteiger partial charge in [0, 0.05) is 36.7 Å². The van der Waals surface area contributed by atoms with E-state index in [0.717, 1.165) is 5.57 Å². The number of esters is 1. The number of rotatable bonds is 3. The molecule has 3 fully saturated rings. The van der Waals surface area contributed by atoms with Crippen molar-refractivity contribution in [1.82, 2.24) is 0 Å². The van der Waals surface area contributed by atoms with E-state index in [4.69, 9.17) is 4.74 Å². The summed E-state index contributed by atoms with van der Waals surface area (Å²) in [6.45, 7) is 8.72. The average Bonchev–Trinajstić information content (AvgIpc) is 3.12. The van der Waals surface area contributed by atoms with Gasteiger partial charge in [0.2, 0.25) is 0 Å². The minimum absolute atomic E-state index is 0.0232. The van der Waals surface area contributed by atoms with Crippen molar-refractivity contribution in [3.8, 4) is 0 Å². The molecule has 1 heterocycles. The highest BCUT2D eigenvalue weighted by Crippen LogP contribution is 2.67. The van der Waals surface area contributed by atoms with Crippen LogP contribution in [0.5, 0.6) is 0 Å². The van der Waals surface area contributed by atoms with Crippen LogP contribution < -0.4 is 0 Å². The molecule has 5 aliphatic rings. The Hall–Kier alpha value is -2.16. The number of Topliss-reactive ketones (excluding diaryl/α,β-unsaturated/α-hetero) is 2. The van der Waals surface area contributed by atoms with E-state index >= 15 is 0 Å². The molecule has 8 nitrogen and oxygen atoms in total. The van der Waals surface area contributed by atoms with Crippen LogP contribution in [0.2, 0.25) is 0 Å². The first-order valence-corrected chi connectivity index (χ1v) is 13.5. The maximum absolute atomic E-state index is 14.0. The normalized spacial score (nSPS) is 45.5. The monoisotopic (exact) mass is 514 g/mol. The Morgan fingerprint density at radius 2 is 1.81 bits per heavy atom. The van der Waals surface area contributed by atoms with Gasteiger partial charge in [0.05, 0.1) is 11.0 Å². The fourth-order valence-electron chi connectivity index (χ4n) is 8.58. The molecule has 0 aromatic carbocycles. The molecule has 0 amide bonds. The number of aliphatic hydroxyl groups excluding tert-OH is 1. The summed E-state index contributed by atoms with van der Waals surface area (Å²) in [5, 5.41) is 34.4. The zero-order chi connectivity index (χ0) is 27.3. The maximum atomic E-state index is 14.0. The Bertz CT molecular complexity index is 1160. The van der Waals surface area contributed by atoms with Gasteiger partial charge in [0.15, 0.2) is 11.6 Å². The Labute approximate surface area is 217 Å². The molecular formula is C29H38O8. The topological polar surface area (TPSA) is 138 Å². The average molecular weight is 515 g/mol. The van der Waals surface area contributed by atoms with Crippen molar-refractivity contribution in [1.29, 1.82) is 0 Å². The number of aliphatic hydroxyl groups is 3. The second kappa shape index (κ2) is 8.17. The SMILES string of the molecule is CCC1=C(C)C(=O)OC(C(C)(O)C2CCC3(O)C4=CC(=O)C5CC(O)C(=O)CC5(C)C4CC(=O)C23C)C1. The summed E-state index contributed by atoms with van der Waals surface area (Å²) in [4.78, 5) is 52.5. The molecule has 3 N–H and O–H groups in total. The van der Waals surface area contributed by atoms with Crippen molar-refractivity contribution in [3.63, 3.8) is 0 Å². The Balaban J connectivity index is 1.55. The van der Waals surface area contributed by atoms with E-state index in [1.165, 1.54) is 6.08 Å². The smallest absolute Gasteiger partial charge is 0.334 e. The summed E-state index contributed by atoms with van der Waals surface area (Å²) in [7, 11) is 0. The van der Waals surface area contributed by atoms with Crippen molar-refractivity contribution in [2.75, 3.05) is 0 Å². The fourth-order valence-corrected chi connectivity index (χ4v) is 8.58. The second-order valence-corrected chi connectivity index (χ2v) is 12.7. The van der Waals surface area contributed by atoms with Gasteiger partial charge in [0.25, 0.3) is 0 Å². The van der Waals surface area contributed by atoms with Crippen LogP contribution in [0.4, 0.5) is 0 Å². The van der Waals surface area contributed by atoms with Gasteiger partial charge < -0.3 is 20.1 Å². The molecular weight excluding hydrogens is 476 g/mol. The standard InChI is InChI=1S/C29H38O8/c1-6-15-9-24(37-25(34)14(15)2)28(5,35)22-7-8-29(36)17-10-19(30)18-11-20(31)21(32)13-26(18,3)16(17)12-23(33)27(22,29)4/h10,16,18,20,22,24,31,35-36H,6-9,11-13H2,1-5H3. The van der Waals surface area contributed by atoms with E-state index in [0.29, 0.717) is 30.4 Å². The summed E-state index contributed by atoms with van der Waals surface area (Å²) in [5.41, 5.74) is -3.65. The van der Waals surface area contributed by atoms with Crippen LogP contribution in [0.15, 0.2) is 22.8 Å². The number of hydrogen-bond acceptors (Lipinski definition) is 8. The molecule has 0 bridgehead atoms. The Kier molecular flexibility index (Phi) is 5.84. The molecule has 5 rings (SSSR count). The van der Waals surface area contributed by atoms with E-state index in [9.17, 15) is 34.5 Å². The van der Waals surface area contributed by atoms with Gasteiger partial charge in [-0.05, 0) is 69.4 Å². The van der Waals surface area contributed by atoms with E-state index in [-0.39, 0.29) is 43.0 Å². The molecule has 9 unspecified atom stereocenters. The van der Waals surface area contributed by atoms with Gasteiger partial charge in [-0.2, -0.15) is 0 Å². The first-order valence-electron chi connectivity index (χ1n) is 13.5. The summed E-state index contributed by atoms with van der Waals surface area (Å²) in [6, 6.07) is 0. The number of carbonyl (C=O) groups is 4. The number of cyclic esters (lactones) is 1. The summed E-state index contributed by atoms with van der Waals surface area (Å²) in [5.74, 6) is -3.12. The highest BCUT2D eigenvalue weighted by molar-refractivity contribution is 6.00. The number of fused-ring (bicyclic) bond motifs is 5. The molecule has 0 aromatic heterocycles. The second-order valence-electron chi connectivity index (χ2n) is 12.7. The number of ketones is 3. The lowest BCUT2D eigenvalue weighted by atomic mass is 9.45. The van der Waals surface area contributed by atoms with Gasteiger partial charge in [-0.1, -0.05) is 19.4 Å². The molecule has 0 radical (unpaired) electrons. The molecule has 8 heteroatoms. The van der Waals surface area contributed by atoms with Crippen LogP contribution in [-0.4, -0.2) is 62.0 Å². The van der Waals surface area contributed by atoms with Crippen molar-refractivity contribution in [3.05, 3.63) is 22.8 Å². The first-order chi connectivity index (χ1) is 17.1. The summed E-state index contributed by atoms with van der Waals surface area (Å²) in [6.07, 6.45) is 0.880. The maximum Gasteiger partial charge on any atom is 0.334 e. The minimum atomic E-state index is -1.68. The zero-order valence-corrected chi connectivity index (χ0v) is 22.3. The van der Waals surface area contributed by atoms with Crippen LogP contribution in [0, 0.1) is 28.6 Å². The van der Waals surface area contributed by atoms with Crippen LogP contribution in [0.3, 0.4) is 0 Å². The fraction of sp³-hybridized carbons (Fsp3) is 0.724. The predicted molar refractivity (Wildman–Crippen MR) is 132 cm³/mol. The number of carbonyl (C=O) groups excluding carboxylic acids is 4. The minimum Gasteiger partial charge on any atom is -0.456 e. The lowest BCUT2D eigenvalue weighted by Crippen LogP contribution is -2.66. The first kappa shape index (κ1) is 26.4.